The molecule has 0 spiro atoms. The fourth-order valence-corrected chi connectivity index (χ4v) is 3.15. The van der Waals surface area contributed by atoms with Crippen LogP contribution in [0.4, 0.5) is 13.2 Å². The van der Waals surface area contributed by atoms with E-state index in [1.54, 1.807) is 12.1 Å². The van der Waals surface area contributed by atoms with Crippen molar-refractivity contribution in [3.63, 3.8) is 0 Å². The van der Waals surface area contributed by atoms with E-state index in [1.165, 1.54) is 4.90 Å². The average Bonchev–Trinajstić information content (AvgIpc) is 3.04. The zero-order valence-electron chi connectivity index (χ0n) is 12.3. The lowest BCUT2D eigenvalue weighted by Crippen LogP contribution is -2.28. The van der Waals surface area contributed by atoms with Crippen LogP contribution < -0.4 is 0 Å². The molecule has 2 aromatic carbocycles. The summed E-state index contributed by atoms with van der Waals surface area (Å²) < 4.78 is 39.6. The third-order valence-electron chi connectivity index (χ3n) is 4.12. The molecule has 24 heavy (non-hydrogen) atoms. The van der Waals surface area contributed by atoms with Crippen LogP contribution in [0.1, 0.15) is 28.3 Å². The van der Waals surface area contributed by atoms with Gasteiger partial charge in [0.1, 0.15) is 0 Å². The molecule has 1 unspecified atom stereocenters. The standard InChI is InChI=1S/C17H12Cl2F3NO/c18-12-2-1-9(5-13(12)19)10-3-4-23(8-10)17(24)11-6-14(20)16(22)15(21)7-11/h1-2,5-7,10H,3-4,8H2. The molecule has 1 saturated heterocycles. The fraction of sp³-hybridized carbons (Fsp3) is 0.235. The van der Waals surface area contributed by atoms with Gasteiger partial charge in [-0.25, -0.2) is 13.2 Å². The largest absolute Gasteiger partial charge is 0.338 e. The van der Waals surface area contributed by atoms with Gasteiger partial charge >= 0.3 is 0 Å². The maximum atomic E-state index is 13.3. The lowest BCUT2D eigenvalue weighted by atomic mass is 9.99. The summed E-state index contributed by atoms with van der Waals surface area (Å²) >= 11 is 11.9. The van der Waals surface area contributed by atoms with E-state index in [0.29, 0.717) is 41.7 Å². The Hall–Kier alpha value is -1.72. The summed E-state index contributed by atoms with van der Waals surface area (Å²) in [5, 5.41) is 0.880. The molecule has 1 aliphatic rings. The van der Waals surface area contributed by atoms with Crippen molar-refractivity contribution >= 4 is 29.1 Å². The Labute approximate surface area is 146 Å². The lowest BCUT2D eigenvalue weighted by molar-refractivity contribution is 0.0789. The summed E-state index contributed by atoms with van der Waals surface area (Å²) in [6.07, 6.45) is 0.690. The second-order valence-corrected chi connectivity index (χ2v) is 6.48. The second-order valence-electron chi connectivity index (χ2n) is 5.66. The number of hydrogen-bond acceptors (Lipinski definition) is 1. The van der Waals surface area contributed by atoms with Crippen molar-refractivity contribution in [1.82, 2.24) is 4.90 Å². The van der Waals surface area contributed by atoms with Gasteiger partial charge in [-0.2, -0.15) is 0 Å². The SMILES string of the molecule is O=C(c1cc(F)c(F)c(F)c1)N1CCC(c2ccc(Cl)c(Cl)c2)C1. The minimum Gasteiger partial charge on any atom is -0.338 e. The third kappa shape index (κ3) is 3.23. The number of nitrogens with zero attached hydrogens (tertiary/aromatic N) is 1. The van der Waals surface area contributed by atoms with Crippen LogP contribution >= 0.6 is 23.2 Å². The third-order valence-corrected chi connectivity index (χ3v) is 4.86. The molecule has 0 aromatic heterocycles. The molecule has 7 heteroatoms. The van der Waals surface area contributed by atoms with Gasteiger partial charge in [0, 0.05) is 24.6 Å². The Kier molecular flexibility index (Phi) is 4.74. The number of hydrogen-bond donors (Lipinski definition) is 0. The van der Waals surface area contributed by atoms with Crippen LogP contribution in [0.15, 0.2) is 30.3 Å². The zero-order chi connectivity index (χ0) is 17.4. The molecule has 1 fully saturated rings. The van der Waals surface area contributed by atoms with Crippen molar-refractivity contribution in [1.29, 1.82) is 0 Å². The summed E-state index contributed by atoms with van der Waals surface area (Å²) in [6, 6.07) is 6.71. The Morgan fingerprint density at radius 1 is 1.04 bits per heavy atom. The highest BCUT2D eigenvalue weighted by Crippen LogP contribution is 2.32. The monoisotopic (exact) mass is 373 g/mol. The van der Waals surface area contributed by atoms with E-state index in [0.717, 1.165) is 5.56 Å². The van der Waals surface area contributed by atoms with Gasteiger partial charge in [0.15, 0.2) is 17.5 Å². The first kappa shape index (κ1) is 17.1. The molecule has 3 rings (SSSR count). The van der Waals surface area contributed by atoms with Crippen molar-refractivity contribution in [3.05, 3.63) is 69.0 Å². The van der Waals surface area contributed by atoms with Crippen molar-refractivity contribution in [2.45, 2.75) is 12.3 Å². The Bertz CT molecular complexity index is 789. The molecule has 0 radical (unpaired) electrons. The van der Waals surface area contributed by atoms with Crippen LogP contribution in [0.25, 0.3) is 0 Å². The van der Waals surface area contributed by atoms with E-state index in [-0.39, 0.29) is 11.5 Å². The maximum Gasteiger partial charge on any atom is 0.254 e. The molecule has 126 valence electrons. The molecule has 0 N–H and O–H groups in total. The highest BCUT2D eigenvalue weighted by molar-refractivity contribution is 6.42. The predicted molar refractivity (Wildman–Crippen MR) is 86.0 cm³/mol. The minimum atomic E-state index is -1.58. The highest BCUT2D eigenvalue weighted by Gasteiger charge is 2.29. The smallest absolute Gasteiger partial charge is 0.254 e. The fourth-order valence-electron chi connectivity index (χ4n) is 2.84. The van der Waals surface area contributed by atoms with Crippen molar-refractivity contribution in [3.8, 4) is 0 Å². The summed E-state index contributed by atoms with van der Waals surface area (Å²) in [7, 11) is 0. The van der Waals surface area contributed by atoms with Crippen LogP contribution in [0, 0.1) is 17.5 Å². The summed E-state index contributed by atoms with van der Waals surface area (Å²) in [5.41, 5.74) is 0.734. The summed E-state index contributed by atoms with van der Waals surface area (Å²) in [6.45, 7) is 0.821. The van der Waals surface area contributed by atoms with Gasteiger partial charge in [0.25, 0.3) is 5.91 Å². The number of amides is 1. The Morgan fingerprint density at radius 2 is 1.71 bits per heavy atom. The Balaban J connectivity index is 1.77. The van der Waals surface area contributed by atoms with Gasteiger partial charge in [-0.3, -0.25) is 4.79 Å². The lowest BCUT2D eigenvalue weighted by Gasteiger charge is -2.17. The van der Waals surface area contributed by atoms with E-state index < -0.39 is 23.4 Å². The van der Waals surface area contributed by atoms with Gasteiger partial charge < -0.3 is 4.90 Å². The number of carbonyl (C=O) groups excluding carboxylic acids is 1. The topological polar surface area (TPSA) is 20.3 Å². The first-order valence-corrected chi connectivity index (χ1v) is 8.01. The van der Waals surface area contributed by atoms with Crippen LogP contribution in [-0.4, -0.2) is 23.9 Å². The number of carbonyl (C=O) groups is 1. The summed E-state index contributed by atoms with van der Waals surface area (Å²) in [5.74, 6) is -4.81. The molecular weight excluding hydrogens is 362 g/mol. The second kappa shape index (κ2) is 6.65. The first-order valence-electron chi connectivity index (χ1n) is 7.25. The van der Waals surface area contributed by atoms with Gasteiger partial charge in [0.2, 0.25) is 0 Å². The first-order chi connectivity index (χ1) is 11.4. The Morgan fingerprint density at radius 3 is 2.33 bits per heavy atom. The number of likely N-dealkylation sites (tertiary alicyclic amines) is 1. The number of rotatable bonds is 2. The van der Waals surface area contributed by atoms with Gasteiger partial charge in [-0.15, -0.1) is 0 Å². The molecule has 0 aliphatic carbocycles. The molecule has 0 bridgehead atoms. The molecular formula is C17H12Cl2F3NO. The van der Waals surface area contributed by atoms with Crippen molar-refractivity contribution < 1.29 is 18.0 Å². The molecule has 2 nitrogen and oxygen atoms in total. The predicted octanol–water partition coefficient (Wildman–Crippen LogP) is 5.04. The molecule has 1 heterocycles. The highest BCUT2D eigenvalue weighted by atomic mass is 35.5. The normalized spacial score (nSPS) is 17.4. The van der Waals surface area contributed by atoms with E-state index in [2.05, 4.69) is 0 Å². The maximum absolute atomic E-state index is 13.3. The van der Waals surface area contributed by atoms with Crippen molar-refractivity contribution in [2.24, 2.45) is 0 Å². The quantitative estimate of drug-likeness (QED) is 0.675. The number of benzene rings is 2. The van der Waals surface area contributed by atoms with Crippen LogP contribution in [0.3, 0.4) is 0 Å². The van der Waals surface area contributed by atoms with Crippen LogP contribution in [0.2, 0.25) is 10.0 Å². The van der Waals surface area contributed by atoms with Crippen molar-refractivity contribution in [2.75, 3.05) is 13.1 Å². The average molecular weight is 374 g/mol. The van der Waals surface area contributed by atoms with Crippen LogP contribution in [0.5, 0.6) is 0 Å². The van der Waals surface area contributed by atoms with Gasteiger partial charge in [-0.1, -0.05) is 29.3 Å². The molecule has 1 amide bonds. The summed E-state index contributed by atoms with van der Waals surface area (Å²) in [4.78, 5) is 13.9. The van der Waals surface area contributed by atoms with E-state index in [1.807, 2.05) is 6.07 Å². The molecule has 2 aromatic rings. The van der Waals surface area contributed by atoms with E-state index >= 15 is 0 Å². The molecule has 0 saturated carbocycles. The molecule has 1 aliphatic heterocycles. The zero-order valence-corrected chi connectivity index (χ0v) is 13.8. The van der Waals surface area contributed by atoms with E-state index in [4.69, 9.17) is 23.2 Å². The van der Waals surface area contributed by atoms with Gasteiger partial charge in [-0.05, 0) is 36.2 Å². The van der Waals surface area contributed by atoms with Crippen LogP contribution in [-0.2, 0) is 0 Å². The minimum absolute atomic E-state index is 0.0545. The molecule has 1 atom stereocenters. The van der Waals surface area contributed by atoms with Gasteiger partial charge in [0.05, 0.1) is 10.0 Å². The van der Waals surface area contributed by atoms with E-state index in [9.17, 15) is 18.0 Å². The number of halogens is 5.